The molecule has 1 aliphatic heterocycles. The van der Waals surface area contributed by atoms with Crippen LogP contribution in [0.5, 0.6) is 0 Å². The van der Waals surface area contributed by atoms with Gasteiger partial charge in [0.15, 0.2) is 0 Å². The molecule has 0 bridgehead atoms. The predicted molar refractivity (Wildman–Crippen MR) is 76.3 cm³/mol. The van der Waals surface area contributed by atoms with Crippen LogP contribution in [0, 0.1) is 0 Å². The zero-order valence-electron chi connectivity index (χ0n) is 11.2. The summed E-state index contributed by atoms with van der Waals surface area (Å²) in [7, 11) is 0. The number of aliphatic hydroxyl groups is 1. The lowest BCUT2D eigenvalue weighted by atomic mass is 9.94. The van der Waals surface area contributed by atoms with E-state index in [-0.39, 0.29) is 5.91 Å². The molecule has 0 atom stereocenters. The number of nitrogens with two attached hydrogens (primary N) is 1. The Labute approximate surface area is 113 Å². The summed E-state index contributed by atoms with van der Waals surface area (Å²) in [5.74, 6) is -0.0158. The highest BCUT2D eigenvalue weighted by Gasteiger charge is 2.28. The topological polar surface area (TPSA) is 66.6 Å². The molecule has 0 spiro atoms. The van der Waals surface area contributed by atoms with Crippen molar-refractivity contribution in [3.05, 3.63) is 35.9 Å². The molecule has 1 saturated heterocycles. The van der Waals surface area contributed by atoms with Gasteiger partial charge in [-0.3, -0.25) is 4.79 Å². The smallest absolute Gasteiger partial charge is 0.246 e. The number of rotatable bonds is 2. The number of piperidine rings is 1. The van der Waals surface area contributed by atoms with Gasteiger partial charge in [-0.05, 0) is 43.5 Å². The van der Waals surface area contributed by atoms with Crippen LogP contribution in [0.4, 0.5) is 5.69 Å². The maximum Gasteiger partial charge on any atom is 0.246 e. The van der Waals surface area contributed by atoms with E-state index in [9.17, 15) is 9.90 Å². The fourth-order valence-electron chi connectivity index (χ4n) is 2.14. The molecule has 1 fully saturated rings. The van der Waals surface area contributed by atoms with Crippen molar-refractivity contribution in [3.63, 3.8) is 0 Å². The normalized spacial score (nSPS) is 18.7. The summed E-state index contributed by atoms with van der Waals surface area (Å²) in [4.78, 5) is 13.8. The lowest BCUT2D eigenvalue weighted by molar-refractivity contribution is -0.129. The van der Waals surface area contributed by atoms with E-state index in [1.807, 2.05) is 31.2 Å². The Morgan fingerprint density at radius 3 is 2.74 bits per heavy atom. The van der Waals surface area contributed by atoms with Gasteiger partial charge in [0.05, 0.1) is 5.60 Å². The quantitative estimate of drug-likeness (QED) is 0.627. The van der Waals surface area contributed by atoms with Gasteiger partial charge in [0.1, 0.15) is 0 Å². The zero-order valence-corrected chi connectivity index (χ0v) is 11.2. The number of anilines is 1. The molecule has 1 heterocycles. The van der Waals surface area contributed by atoms with Gasteiger partial charge in [-0.1, -0.05) is 12.1 Å². The van der Waals surface area contributed by atoms with E-state index in [2.05, 4.69) is 0 Å². The van der Waals surface area contributed by atoms with Crippen molar-refractivity contribution in [1.82, 2.24) is 4.90 Å². The summed E-state index contributed by atoms with van der Waals surface area (Å²) < 4.78 is 0. The number of amides is 1. The number of carbonyl (C=O) groups is 1. The number of carbonyl (C=O) groups excluding carboxylic acids is 1. The van der Waals surface area contributed by atoms with Crippen LogP contribution in [0.15, 0.2) is 30.3 Å². The Morgan fingerprint density at radius 1 is 1.42 bits per heavy atom. The number of nitrogen functional groups attached to an aromatic ring is 1. The maximum absolute atomic E-state index is 12.0. The van der Waals surface area contributed by atoms with Crippen molar-refractivity contribution in [2.45, 2.75) is 25.4 Å². The molecule has 0 saturated carbocycles. The highest BCUT2D eigenvalue weighted by Crippen LogP contribution is 2.21. The summed E-state index contributed by atoms with van der Waals surface area (Å²) in [5.41, 5.74) is 6.65. The minimum Gasteiger partial charge on any atom is -0.399 e. The molecule has 0 radical (unpaired) electrons. The number of benzene rings is 1. The predicted octanol–water partition coefficient (Wildman–Crippen LogP) is 1.66. The summed E-state index contributed by atoms with van der Waals surface area (Å²) in [6, 6.07) is 7.40. The van der Waals surface area contributed by atoms with Crippen LogP contribution in [-0.2, 0) is 4.79 Å². The van der Waals surface area contributed by atoms with Crippen LogP contribution in [0.3, 0.4) is 0 Å². The molecular formula is C15H20N2O2. The largest absolute Gasteiger partial charge is 0.399 e. The van der Waals surface area contributed by atoms with E-state index < -0.39 is 5.60 Å². The fraction of sp³-hybridized carbons (Fsp3) is 0.400. The summed E-state index contributed by atoms with van der Waals surface area (Å²) in [6.07, 6.45) is 4.59. The van der Waals surface area contributed by atoms with Gasteiger partial charge in [0.2, 0.25) is 5.91 Å². The molecule has 3 N–H and O–H groups in total. The Morgan fingerprint density at radius 2 is 2.11 bits per heavy atom. The van der Waals surface area contributed by atoms with Crippen molar-refractivity contribution in [2.75, 3.05) is 18.8 Å². The standard InChI is InChI=1S/C15H20N2O2/c1-15(19)7-9-17(10-8-15)14(18)6-5-12-3-2-4-13(16)11-12/h2-6,11,19H,7-10,16H2,1H3/b6-5+. The SMILES string of the molecule is CC1(O)CCN(C(=O)/C=C/c2cccc(N)c2)CC1. The summed E-state index contributed by atoms with van der Waals surface area (Å²) in [5, 5.41) is 9.84. The molecule has 4 nitrogen and oxygen atoms in total. The van der Waals surface area contributed by atoms with Gasteiger partial charge < -0.3 is 15.7 Å². The van der Waals surface area contributed by atoms with Crippen molar-refractivity contribution in [2.24, 2.45) is 0 Å². The van der Waals surface area contributed by atoms with Crippen molar-refractivity contribution in [1.29, 1.82) is 0 Å². The number of nitrogens with zero attached hydrogens (tertiary/aromatic N) is 1. The van der Waals surface area contributed by atoms with E-state index in [1.165, 1.54) is 0 Å². The van der Waals surface area contributed by atoms with Gasteiger partial charge in [-0.25, -0.2) is 0 Å². The van der Waals surface area contributed by atoms with Crippen LogP contribution in [0.2, 0.25) is 0 Å². The lowest BCUT2D eigenvalue weighted by Crippen LogP contribution is -2.44. The van der Waals surface area contributed by atoms with Gasteiger partial charge in [0, 0.05) is 24.9 Å². The van der Waals surface area contributed by atoms with E-state index in [4.69, 9.17) is 5.73 Å². The minimum atomic E-state index is -0.631. The highest BCUT2D eigenvalue weighted by molar-refractivity contribution is 5.92. The summed E-state index contributed by atoms with van der Waals surface area (Å²) in [6.45, 7) is 3.03. The first kappa shape index (κ1) is 13.6. The zero-order chi connectivity index (χ0) is 13.9. The van der Waals surface area contributed by atoms with Gasteiger partial charge >= 0.3 is 0 Å². The second-order valence-electron chi connectivity index (χ2n) is 5.33. The Hall–Kier alpha value is -1.81. The third-order valence-electron chi connectivity index (χ3n) is 3.48. The molecule has 102 valence electrons. The van der Waals surface area contributed by atoms with E-state index in [1.54, 1.807) is 17.1 Å². The molecular weight excluding hydrogens is 240 g/mol. The fourth-order valence-corrected chi connectivity index (χ4v) is 2.14. The van der Waals surface area contributed by atoms with Gasteiger partial charge in [0.25, 0.3) is 0 Å². The Bertz CT molecular complexity index is 485. The molecule has 19 heavy (non-hydrogen) atoms. The molecule has 4 heteroatoms. The first-order valence-corrected chi connectivity index (χ1v) is 6.51. The molecule has 0 unspecified atom stereocenters. The van der Waals surface area contributed by atoms with Crippen molar-refractivity contribution >= 4 is 17.7 Å². The molecule has 0 aliphatic carbocycles. The van der Waals surface area contributed by atoms with E-state index in [0.29, 0.717) is 31.6 Å². The van der Waals surface area contributed by atoms with E-state index >= 15 is 0 Å². The Balaban J connectivity index is 1.95. The molecule has 1 amide bonds. The van der Waals surface area contributed by atoms with E-state index in [0.717, 1.165) is 5.56 Å². The van der Waals surface area contributed by atoms with Crippen molar-refractivity contribution in [3.8, 4) is 0 Å². The lowest BCUT2D eigenvalue weighted by Gasteiger charge is -2.35. The average molecular weight is 260 g/mol. The van der Waals surface area contributed by atoms with Crippen LogP contribution in [-0.4, -0.2) is 34.6 Å². The third kappa shape index (κ3) is 3.83. The Kier molecular flexibility index (Phi) is 3.90. The maximum atomic E-state index is 12.0. The summed E-state index contributed by atoms with van der Waals surface area (Å²) >= 11 is 0. The van der Waals surface area contributed by atoms with Crippen LogP contribution in [0.25, 0.3) is 6.08 Å². The van der Waals surface area contributed by atoms with Gasteiger partial charge in [-0.2, -0.15) is 0 Å². The highest BCUT2D eigenvalue weighted by atomic mass is 16.3. The van der Waals surface area contributed by atoms with Crippen molar-refractivity contribution < 1.29 is 9.90 Å². The molecule has 1 aromatic rings. The monoisotopic (exact) mass is 260 g/mol. The van der Waals surface area contributed by atoms with Crippen LogP contribution in [0.1, 0.15) is 25.3 Å². The van der Waals surface area contributed by atoms with Gasteiger partial charge in [-0.15, -0.1) is 0 Å². The first-order chi connectivity index (χ1) is 8.96. The first-order valence-electron chi connectivity index (χ1n) is 6.51. The number of hydrogen-bond acceptors (Lipinski definition) is 3. The van der Waals surface area contributed by atoms with Crippen LogP contribution < -0.4 is 5.73 Å². The average Bonchev–Trinajstić information content (AvgIpc) is 2.36. The third-order valence-corrected chi connectivity index (χ3v) is 3.48. The molecule has 2 rings (SSSR count). The molecule has 0 aromatic heterocycles. The second kappa shape index (κ2) is 5.45. The number of likely N-dealkylation sites (tertiary alicyclic amines) is 1. The van der Waals surface area contributed by atoms with Crippen LogP contribution >= 0.6 is 0 Å². The molecule has 1 aliphatic rings. The second-order valence-corrected chi connectivity index (χ2v) is 5.33. The minimum absolute atomic E-state index is 0.0158. The molecule has 1 aromatic carbocycles. The number of hydrogen-bond donors (Lipinski definition) is 2.